The molecule has 0 aromatic rings. The molecule has 0 spiro atoms. The lowest BCUT2D eigenvalue weighted by atomic mass is 9.82. The molecular formula is C16H30N2O2. The Morgan fingerprint density at radius 1 is 1.15 bits per heavy atom. The Morgan fingerprint density at radius 2 is 1.80 bits per heavy atom. The Morgan fingerprint density at radius 3 is 2.40 bits per heavy atom. The number of hydrogen-bond acceptors (Lipinski definition) is 3. The molecule has 116 valence electrons. The highest BCUT2D eigenvalue weighted by Gasteiger charge is 2.30. The van der Waals surface area contributed by atoms with Crippen molar-refractivity contribution in [2.24, 2.45) is 17.6 Å². The van der Waals surface area contributed by atoms with E-state index < -0.39 is 0 Å². The number of likely N-dealkylation sites (tertiary alicyclic amines) is 1. The summed E-state index contributed by atoms with van der Waals surface area (Å²) in [6.07, 6.45) is 7.85. The Balaban J connectivity index is 1.69. The van der Waals surface area contributed by atoms with E-state index in [-0.39, 0.29) is 0 Å². The molecule has 1 saturated carbocycles. The quantitative estimate of drug-likeness (QED) is 0.786. The van der Waals surface area contributed by atoms with Gasteiger partial charge >= 0.3 is 0 Å². The van der Waals surface area contributed by atoms with Gasteiger partial charge in [0.1, 0.15) is 0 Å². The molecule has 2 aliphatic rings. The van der Waals surface area contributed by atoms with Crippen molar-refractivity contribution < 1.29 is 9.53 Å². The van der Waals surface area contributed by atoms with Gasteiger partial charge in [-0.3, -0.25) is 4.79 Å². The van der Waals surface area contributed by atoms with Gasteiger partial charge in [-0.05, 0) is 57.4 Å². The zero-order valence-electron chi connectivity index (χ0n) is 12.9. The molecule has 1 aliphatic carbocycles. The lowest BCUT2D eigenvalue weighted by molar-refractivity contribution is -0.139. The molecular weight excluding hydrogens is 252 g/mol. The number of piperidine rings is 1. The summed E-state index contributed by atoms with van der Waals surface area (Å²) in [5.74, 6) is 1.50. The summed E-state index contributed by atoms with van der Waals surface area (Å²) in [4.78, 5) is 14.6. The van der Waals surface area contributed by atoms with Crippen LogP contribution in [0.15, 0.2) is 0 Å². The zero-order chi connectivity index (χ0) is 14.4. The minimum absolute atomic E-state index is 0.293. The Kier molecular flexibility index (Phi) is 6.30. The second-order valence-electron chi connectivity index (χ2n) is 6.49. The van der Waals surface area contributed by atoms with E-state index in [0.717, 1.165) is 57.7 Å². The number of hydrogen-bond donors (Lipinski definition) is 1. The monoisotopic (exact) mass is 282 g/mol. The van der Waals surface area contributed by atoms with E-state index in [1.165, 1.54) is 12.8 Å². The first kappa shape index (κ1) is 15.8. The molecule has 2 N–H and O–H groups in total. The number of nitrogens with zero attached hydrogens (tertiary/aromatic N) is 1. The fourth-order valence-corrected chi connectivity index (χ4v) is 3.34. The lowest BCUT2D eigenvalue weighted by Crippen LogP contribution is -2.44. The third kappa shape index (κ3) is 4.45. The van der Waals surface area contributed by atoms with E-state index in [2.05, 4.69) is 11.8 Å². The van der Waals surface area contributed by atoms with Crippen LogP contribution in [-0.4, -0.2) is 43.2 Å². The van der Waals surface area contributed by atoms with Gasteiger partial charge in [0.2, 0.25) is 5.91 Å². The normalized spacial score (nSPS) is 28.6. The molecule has 1 heterocycles. The summed E-state index contributed by atoms with van der Waals surface area (Å²) in [5, 5.41) is 0. The van der Waals surface area contributed by atoms with Gasteiger partial charge in [-0.15, -0.1) is 0 Å². The van der Waals surface area contributed by atoms with Crippen LogP contribution >= 0.6 is 0 Å². The number of ether oxygens (including phenoxy) is 1. The van der Waals surface area contributed by atoms with Crippen molar-refractivity contribution in [1.29, 1.82) is 0 Å². The van der Waals surface area contributed by atoms with Crippen LogP contribution in [0.5, 0.6) is 0 Å². The number of carbonyl (C=O) groups is 1. The van der Waals surface area contributed by atoms with Gasteiger partial charge in [-0.1, -0.05) is 6.92 Å². The van der Waals surface area contributed by atoms with E-state index in [0.29, 0.717) is 24.5 Å². The Hall–Kier alpha value is -0.610. The van der Waals surface area contributed by atoms with Crippen molar-refractivity contribution in [1.82, 2.24) is 4.90 Å². The number of rotatable bonds is 5. The van der Waals surface area contributed by atoms with Crippen molar-refractivity contribution in [3.63, 3.8) is 0 Å². The fraction of sp³-hybridized carbons (Fsp3) is 0.938. The highest BCUT2D eigenvalue weighted by atomic mass is 16.5. The van der Waals surface area contributed by atoms with Gasteiger partial charge in [-0.25, -0.2) is 0 Å². The fourth-order valence-electron chi connectivity index (χ4n) is 3.34. The topological polar surface area (TPSA) is 55.6 Å². The van der Waals surface area contributed by atoms with Gasteiger partial charge in [0.25, 0.3) is 0 Å². The maximum absolute atomic E-state index is 12.5. The lowest BCUT2D eigenvalue weighted by Gasteiger charge is -2.35. The first-order chi connectivity index (χ1) is 9.70. The van der Waals surface area contributed by atoms with Crippen LogP contribution in [0, 0.1) is 11.8 Å². The number of amides is 1. The van der Waals surface area contributed by atoms with Gasteiger partial charge in [0.05, 0.1) is 6.10 Å². The second kappa shape index (κ2) is 7.99. The van der Waals surface area contributed by atoms with E-state index in [4.69, 9.17) is 10.5 Å². The molecule has 0 atom stereocenters. The van der Waals surface area contributed by atoms with Crippen LogP contribution in [0.3, 0.4) is 0 Å². The summed E-state index contributed by atoms with van der Waals surface area (Å²) in [6, 6.07) is 0. The molecule has 0 unspecified atom stereocenters. The zero-order valence-corrected chi connectivity index (χ0v) is 12.9. The first-order valence-electron chi connectivity index (χ1n) is 8.31. The second-order valence-corrected chi connectivity index (χ2v) is 6.49. The van der Waals surface area contributed by atoms with E-state index in [1.807, 2.05) is 0 Å². The van der Waals surface area contributed by atoms with Crippen molar-refractivity contribution in [3.05, 3.63) is 0 Å². The minimum Gasteiger partial charge on any atom is -0.378 e. The Labute approximate surface area is 123 Å². The smallest absolute Gasteiger partial charge is 0.225 e. The standard InChI is InChI=1S/C16H30N2O2/c1-13-3-5-14(6-4-13)16(19)18-10-7-15(8-11-18)20-12-2-9-17/h13-15H,2-12,17H2,1H3. The highest BCUT2D eigenvalue weighted by molar-refractivity contribution is 5.79. The van der Waals surface area contributed by atoms with Crippen LogP contribution in [0.4, 0.5) is 0 Å². The molecule has 1 amide bonds. The molecule has 0 bridgehead atoms. The summed E-state index contributed by atoms with van der Waals surface area (Å²) < 4.78 is 5.79. The number of carbonyl (C=O) groups excluding carboxylic acids is 1. The molecule has 1 saturated heterocycles. The average Bonchev–Trinajstić information content (AvgIpc) is 2.48. The van der Waals surface area contributed by atoms with Crippen LogP contribution in [-0.2, 0) is 9.53 Å². The largest absolute Gasteiger partial charge is 0.378 e. The van der Waals surface area contributed by atoms with Gasteiger partial charge in [0, 0.05) is 25.6 Å². The molecule has 0 radical (unpaired) electrons. The number of nitrogens with two attached hydrogens (primary N) is 1. The van der Waals surface area contributed by atoms with E-state index >= 15 is 0 Å². The van der Waals surface area contributed by atoms with Crippen LogP contribution in [0.2, 0.25) is 0 Å². The predicted octanol–water partition coefficient (Wildman–Crippen LogP) is 2.17. The summed E-state index contributed by atoms with van der Waals surface area (Å²) in [5.41, 5.74) is 5.47. The molecule has 20 heavy (non-hydrogen) atoms. The molecule has 2 fully saturated rings. The highest BCUT2D eigenvalue weighted by Crippen LogP contribution is 2.30. The average molecular weight is 282 g/mol. The van der Waals surface area contributed by atoms with Crippen molar-refractivity contribution in [3.8, 4) is 0 Å². The van der Waals surface area contributed by atoms with Gasteiger partial charge < -0.3 is 15.4 Å². The minimum atomic E-state index is 0.293. The van der Waals surface area contributed by atoms with Gasteiger partial charge in [0.15, 0.2) is 0 Å². The van der Waals surface area contributed by atoms with Crippen molar-refractivity contribution in [2.75, 3.05) is 26.2 Å². The third-order valence-corrected chi connectivity index (χ3v) is 4.82. The van der Waals surface area contributed by atoms with Crippen LogP contribution in [0.25, 0.3) is 0 Å². The molecule has 4 nitrogen and oxygen atoms in total. The van der Waals surface area contributed by atoms with Crippen LogP contribution in [0.1, 0.15) is 51.9 Å². The Bertz CT molecular complexity index is 293. The maximum atomic E-state index is 12.5. The first-order valence-corrected chi connectivity index (χ1v) is 8.31. The molecule has 1 aliphatic heterocycles. The molecule has 4 heteroatoms. The van der Waals surface area contributed by atoms with Crippen molar-refractivity contribution >= 4 is 5.91 Å². The maximum Gasteiger partial charge on any atom is 0.225 e. The summed E-state index contributed by atoms with van der Waals surface area (Å²) in [6.45, 7) is 5.49. The molecule has 0 aromatic heterocycles. The summed E-state index contributed by atoms with van der Waals surface area (Å²) in [7, 11) is 0. The SMILES string of the molecule is CC1CCC(C(=O)N2CCC(OCCCN)CC2)CC1. The van der Waals surface area contributed by atoms with E-state index in [9.17, 15) is 4.79 Å². The van der Waals surface area contributed by atoms with Crippen LogP contribution < -0.4 is 5.73 Å². The predicted molar refractivity (Wildman–Crippen MR) is 80.3 cm³/mol. The summed E-state index contributed by atoms with van der Waals surface area (Å²) >= 11 is 0. The van der Waals surface area contributed by atoms with E-state index in [1.54, 1.807) is 0 Å². The molecule has 2 rings (SSSR count). The molecule has 0 aromatic carbocycles. The van der Waals surface area contributed by atoms with Crippen molar-refractivity contribution in [2.45, 2.75) is 58.0 Å². The van der Waals surface area contributed by atoms with Gasteiger partial charge in [-0.2, -0.15) is 0 Å². The third-order valence-electron chi connectivity index (χ3n) is 4.82.